The van der Waals surface area contributed by atoms with Crippen molar-refractivity contribution in [2.24, 2.45) is 0 Å². The molecular formula is C15H17F2N3O2. The summed E-state index contributed by atoms with van der Waals surface area (Å²) >= 11 is 0. The smallest absolute Gasteiger partial charge is 0.387 e. The average Bonchev–Trinajstić information content (AvgIpc) is 2.84. The van der Waals surface area contributed by atoms with Crippen molar-refractivity contribution in [3.8, 4) is 5.75 Å². The molecule has 1 aromatic carbocycles. The van der Waals surface area contributed by atoms with Crippen molar-refractivity contribution in [3.05, 3.63) is 41.7 Å². The topological polar surface area (TPSA) is 56.1 Å². The molecule has 118 valence electrons. The molecule has 1 heterocycles. The first-order chi connectivity index (χ1) is 10.5. The third-order valence-electron chi connectivity index (χ3n) is 3.18. The molecule has 2 rings (SSSR count). The van der Waals surface area contributed by atoms with Crippen LogP contribution in [0.15, 0.2) is 30.5 Å². The maximum absolute atomic E-state index is 12.1. The number of benzene rings is 1. The van der Waals surface area contributed by atoms with E-state index >= 15 is 0 Å². The number of hydrogen-bond donors (Lipinski definition) is 1. The van der Waals surface area contributed by atoms with E-state index in [-0.39, 0.29) is 18.1 Å². The second kappa shape index (κ2) is 7.02. The standard InChI is InChI=1S/C15H17F2N3O2/c1-10-9-12(22-15(16)17)3-4-13(10)19-14(21)6-8-20-11(2)5-7-18-20/h3-5,7,9,15H,6,8H2,1-2H3,(H,19,21). The van der Waals surface area contributed by atoms with E-state index in [0.29, 0.717) is 17.8 Å². The molecule has 0 spiro atoms. The number of hydrogen-bond acceptors (Lipinski definition) is 3. The number of anilines is 1. The summed E-state index contributed by atoms with van der Waals surface area (Å²) in [5.41, 5.74) is 2.21. The van der Waals surface area contributed by atoms with Crippen LogP contribution in [0.4, 0.5) is 14.5 Å². The summed E-state index contributed by atoms with van der Waals surface area (Å²) < 4.78 is 30.3. The summed E-state index contributed by atoms with van der Waals surface area (Å²) in [6.45, 7) is 1.25. The Balaban J connectivity index is 1.92. The van der Waals surface area contributed by atoms with E-state index in [1.165, 1.54) is 12.1 Å². The Hall–Kier alpha value is -2.44. The van der Waals surface area contributed by atoms with Gasteiger partial charge in [0, 0.05) is 30.5 Å². The zero-order valence-corrected chi connectivity index (χ0v) is 12.3. The van der Waals surface area contributed by atoms with Gasteiger partial charge in [0.05, 0.1) is 0 Å². The van der Waals surface area contributed by atoms with E-state index in [1.807, 2.05) is 13.0 Å². The number of carbonyl (C=O) groups excluding carboxylic acids is 1. The summed E-state index contributed by atoms with van der Waals surface area (Å²) in [7, 11) is 0. The predicted molar refractivity (Wildman–Crippen MR) is 78.0 cm³/mol. The molecule has 2 aromatic rings. The molecule has 0 bridgehead atoms. The number of halogens is 2. The van der Waals surface area contributed by atoms with Gasteiger partial charge >= 0.3 is 6.61 Å². The van der Waals surface area contributed by atoms with Crippen LogP contribution in [-0.2, 0) is 11.3 Å². The summed E-state index contributed by atoms with van der Waals surface area (Å²) in [5, 5.41) is 6.85. The number of nitrogens with zero attached hydrogens (tertiary/aromatic N) is 2. The fraction of sp³-hybridized carbons (Fsp3) is 0.333. The third-order valence-corrected chi connectivity index (χ3v) is 3.18. The summed E-state index contributed by atoms with van der Waals surface area (Å²) in [6, 6.07) is 6.26. The van der Waals surface area contributed by atoms with Gasteiger partial charge in [-0.3, -0.25) is 9.48 Å². The van der Waals surface area contributed by atoms with E-state index in [2.05, 4.69) is 15.2 Å². The number of ether oxygens (including phenoxy) is 1. The highest BCUT2D eigenvalue weighted by atomic mass is 19.3. The Labute approximate surface area is 126 Å². The zero-order valence-electron chi connectivity index (χ0n) is 12.3. The van der Waals surface area contributed by atoms with Gasteiger partial charge in [-0.25, -0.2) is 0 Å². The molecule has 0 aliphatic heterocycles. The molecule has 1 N–H and O–H groups in total. The Morgan fingerprint density at radius 3 is 2.73 bits per heavy atom. The van der Waals surface area contributed by atoms with Crippen molar-refractivity contribution >= 4 is 11.6 Å². The molecule has 0 aliphatic carbocycles. The molecule has 1 amide bonds. The molecule has 5 nitrogen and oxygen atoms in total. The number of aromatic nitrogens is 2. The molecule has 0 radical (unpaired) electrons. The van der Waals surface area contributed by atoms with Crippen molar-refractivity contribution in [1.29, 1.82) is 0 Å². The number of alkyl halides is 2. The van der Waals surface area contributed by atoms with Crippen molar-refractivity contribution in [3.63, 3.8) is 0 Å². The van der Waals surface area contributed by atoms with Gasteiger partial charge in [-0.1, -0.05) is 0 Å². The molecule has 0 atom stereocenters. The Morgan fingerprint density at radius 1 is 1.36 bits per heavy atom. The Morgan fingerprint density at radius 2 is 2.14 bits per heavy atom. The quantitative estimate of drug-likeness (QED) is 0.892. The molecule has 0 saturated heterocycles. The molecule has 0 fully saturated rings. The lowest BCUT2D eigenvalue weighted by atomic mass is 10.2. The second-order valence-corrected chi connectivity index (χ2v) is 4.85. The summed E-state index contributed by atoms with van der Waals surface area (Å²) in [6.07, 6.45) is 1.95. The van der Waals surface area contributed by atoms with E-state index in [4.69, 9.17) is 0 Å². The van der Waals surface area contributed by atoms with Gasteiger partial charge in [0.25, 0.3) is 0 Å². The van der Waals surface area contributed by atoms with Crippen LogP contribution in [0.2, 0.25) is 0 Å². The first-order valence-electron chi connectivity index (χ1n) is 6.79. The van der Waals surface area contributed by atoms with E-state index in [9.17, 15) is 13.6 Å². The minimum absolute atomic E-state index is 0.0673. The first-order valence-corrected chi connectivity index (χ1v) is 6.79. The SMILES string of the molecule is Cc1cc(OC(F)F)ccc1NC(=O)CCn1nccc1C. The van der Waals surface area contributed by atoms with Gasteiger partial charge in [-0.15, -0.1) is 0 Å². The lowest BCUT2D eigenvalue weighted by molar-refractivity contribution is -0.116. The van der Waals surface area contributed by atoms with Crippen LogP contribution in [0.5, 0.6) is 5.75 Å². The normalized spacial score (nSPS) is 10.8. The van der Waals surface area contributed by atoms with Gasteiger partial charge in [0.15, 0.2) is 0 Å². The van der Waals surface area contributed by atoms with Crippen molar-refractivity contribution in [1.82, 2.24) is 9.78 Å². The number of rotatable bonds is 6. The third kappa shape index (κ3) is 4.28. The second-order valence-electron chi connectivity index (χ2n) is 4.85. The van der Waals surface area contributed by atoms with Gasteiger partial charge in [-0.05, 0) is 43.7 Å². The maximum Gasteiger partial charge on any atom is 0.387 e. The average molecular weight is 309 g/mol. The van der Waals surface area contributed by atoms with Crippen LogP contribution in [0.1, 0.15) is 17.7 Å². The molecule has 7 heteroatoms. The highest BCUT2D eigenvalue weighted by Crippen LogP contribution is 2.22. The van der Waals surface area contributed by atoms with Crippen LogP contribution >= 0.6 is 0 Å². The Bertz CT molecular complexity index is 656. The zero-order chi connectivity index (χ0) is 16.1. The fourth-order valence-electron chi connectivity index (χ4n) is 2.01. The lowest BCUT2D eigenvalue weighted by Gasteiger charge is -2.11. The van der Waals surface area contributed by atoms with Crippen LogP contribution in [0, 0.1) is 13.8 Å². The maximum atomic E-state index is 12.1. The van der Waals surface area contributed by atoms with Crippen molar-refractivity contribution < 1.29 is 18.3 Å². The molecule has 22 heavy (non-hydrogen) atoms. The molecule has 0 aliphatic rings. The minimum Gasteiger partial charge on any atom is -0.435 e. The minimum atomic E-state index is -2.86. The molecule has 1 aromatic heterocycles. The Kier molecular flexibility index (Phi) is 5.08. The van der Waals surface area contributed by atoms with E-state index in [0.717, 1.165) is 5.69 Å². The number of carbonyl (C=O) groups is 1. The van der Waals surface area contributed by atoms with Crippen LogP contribution in [0.3, 0.4) is 0 Å². The number of aryl methyl sites for hydroxylation is 3. The highest BCUT2D eigenvalue weighted by molar-refractivity contribution is 5.91. The van der Waals surface area contributed by atoms with E-state index in [1.54, 1.807) is 23.9 Å². The molecule has 0 unspecified atom stereocenters. The number of nitrogens with one attached hydrogen (secondary N) is 1. The van der Waals surface area contributed by atoms with E-state index < -0.39 is 6.61 Å². The summed E-state index contributed by atoms with van der Waals surface area (Å²) in [5.74, 6) is -0.0989. The lowest BCUT2D eigenvalue weighted by Crippen LogP contribution is -2.16. The fourth-order valence-corrected chi connectivity index (χ4v) is 2.01. The number of amides is 1. The highest BCUT2D eigenvalue weighted by Gasteiger charge is 2.09. The van der Waals surface area contributed by atoms with Crippen LogP contribution in [-0.4, -0.2) is 22.3 Å². The van der Waals surface area contributed by atoms with Gasteiger partial charge in [0.1, 0.15) is 5.75 Å². The summed E-state index contributed by atoms with van der Waals surface area (Å²) in [4.78, 5) is 11.9. The van der Waals surface area contributed by atoms with Crippen LogP contribution in [0.25, 0.3) is 0 Å². The van der Waals surface area contributed by atoms with Gasteiger partial charge in [-0.2, -0.15) is 13.9 Å². The monoisotopic (exact) mass is 309 g/mol. The van der Waals surface area contributed by atoms with Gasteiger partial charge in [0.2, 0.25) is 5.91 Å². The predicted octanol–water partition coefficient (Wildman–Crippen LogP) is 3.13. The van der Waals surface area contributed by atoms with Crippen molar-refractivity contribution in [2.75, 3.05) is 5.32 Å². The van der Waals surface area contributed by atoms with Crippen molar-refractivity contribution in [2.45, 2.75) is 33.4 Å². The molecule has 0 saturated carbocycles. The first kappa shape index (κ1) is 15.9. The van der Waals surface area contributed by atoms with Gasteiger partial charge < -0.3 is 10.1 Å². The largest absolute Gasteiger partial charge is 0.435 e. The van der Waals surface area contributed by atoms with Crippen LogP contribution < -0.4 is 10.1 Å². The molecular weight excluding hydrogens is 292 g/mol.